The smallest absolute Gasteiger partial charge is 0.237 e. The molecule has 2 N–H and O–H groups in total. The molecular weight excluding hydrogens is 206 g/mol. The van der Waals surface area contributed by atoms with E-state index in [1.165, 1.54) is 0 Å². The molecule has 1 aromatic heterocycles. The lowest BCUT2D eigenvalue weighted by atomic mass is 10.3. The first-order valence-corrected chi connectivity index (χ1v) is 5.16. The number of nitrogens with one attached hydrogen (secondary N) is 2. The van der Waals surface area contributed by atoms with E-state index in [-0.39, 0.29) is 11.9 Å². The molecule has 1 rings (SSSR count). The summed E-state index contributed by atoms with van der Waals surface area (Å²) in [5.41, 5.74) is 0. The van der Waals surface area contributed by atoms with Gasteiger partial charge in [-0.25, -0.2) is 4.98 Å². The van der Waals surface area contributed by atoms with Crippen LogP contribution in [0.2, 0.25) is 0 Å². The Morgan fingerprint density at radius 3 is 3.06 bits per heavy atom. The van der Waals surface area contributed by atoms with E-state index in [9.17, 15) is 4.79 Å². The second kappa shape index (κ2) is 6.07. The Hall–Kier alpha value is -1.62. The lowest BCUT2D eigenvalue weighted by Crippen LogP contribution is -2.41. The second-order valence-electron chi connectivity index (χ2n) is 3.50. The van der Waals surface area contributed by atoms with Crippen molar-refractivity contribution >= 4 is 5.91 Å². The molecule has 0 saturated heterocycles. The third kappa shape index (κ3) is 3.86. The first kappa shape index (κ1) is 12.4. The highest BCUT2D eigenvalue weighted by molar-refractivity contribution is 5.81. The summed E-state index contributed by atoms with van der Waals surface area (Å²) in [6.45, 7) is 8.06. The number of carbonyl (C=O) groups excluding carboxylic acids is 1. The monoisotopic (exact) mass is 223 g/mol. The molecule has 1 atom stereocenters. The molecule has 0 aliphatic heterocycles. The third-order valence-corrected chi connectivity index (χ3v) is 2.04. The van der Waals surface area contributed by atoms with Crippen LogP contribution in [0.1, 0.15) is 18.6 Å². The minimum atomic E-state index is -0.285. The molecule has 5 heteroatoms. The van der Waals surface area contributed by atoms with Crippen molar-refractivity contribution in [3.05, 3.63) is 30.5 Å². The van der Waals surface area contributed by atoms with E-state index in [4.69, 9.17) is 4.42 Å². The third-order valence-electron chi connectivity index (χ3n) is 2.04. The molecule has 1 heterocycles. The van der Waals surface area contributed by atoms with Crippen LogP contribution in [0, 0.1) is 6.92 Å². The van der Waals surface area contributed by atoms with Crippen LogP contribution >= 0.6 is 0 Å². The Morgan fingerprint density at radius 1 is 1.75 bits per heavy atom. The topological polar surface area (TPSA) is 67.2 Å². The number of rotatable bonds is 6. The van der Waals surface area contributed by atoms with E-state index < -0.39 is 0 Å². The number of oxazole rings is 1. The van der Waals surface area contributed by atoms with Crippen LogP contribution in [-0.2, 0) is 11.3 Å². The standard InChI is InChI=1S/C11H17N3O2/c1-4-5-12-11(15)9(3)13-7-10-14-6-8(2)16-10/h4,6,9,13H,1,5,7H2,2-3H3,(H,12,15). The molecule has 0 radical (unpaired) electrons. The molecule has 16 heavy (non-hydrogen) atoms. The normalized spacial score (nSPS) is 12.1. The van der Waals surface area contributed by atoms with Crippen molar-refractivity contribution in [3.63, 3.8) is 0 Å². The van der Waals surface area contributed by atoms with Gasteiger partial charge in [-0.05, 0) is 13.8 Å². The predicted octanol–water partition coefficient (Wildman–Crippen LogP) is 0.763. The lowest BCUT2D eigenvalue weighted by Gasteiger charge is -2.11. The van der Waals surface area contributed by atoms with Crippen LogP contribution < -0.4 is 10.6 Å². The average molecular weight is 223 g/mol. The molecule has 0 aliphatic carbocycles. The highest BCUT2D eigenvalue weighted by Gasteiger charge is 2.11. The average Bonchev–Trinajstić information content (AvgIpc) is 2.68. The number of aryl methyl sites for hydroxylation is 1. The van der Waals surface area contributed by atoms with E-state index in [2.05, 4.69) is 22.2 Å². The fraction of sp³-hybridized carbons (Fsp3) is 0.455. The number of nitrogens with zero attached hydrogens (tertiary/aromatic N) is 1. The molecule has 0 saturated carbocycles. The van der Waals surface area contributed by atoms with Gasteiger partial charge in [0, 0.05) is 6.54 Å². The van der Waals surface area contributed by atoms with E-state index in [1.54, 1.807) is 19.2 Å². The zero-order valence-corrected chi connectivity index (χ0v) is 9.62. The maximum Gasteiger partial charge on any atom is 0.237 e. The highest BCUT2D eigenvalue weighted by Crippen LogP contribution is 2.00. The minimum absolute atomic E-state index is 0.0665. The van der Waals surface area contributed by atoms with Gasteiger partial charge in [0.1, 0.15) is 5.76 Å². The fourth-order valence-electron chi connectivity index (χ4n) is 1.14. The van der Waals surface area contributed by atoms with Gasteiger partial charge in [-0.15, -0.1) is 6.58 Å². The van der Waals surface area contributed by atoms with Crippen molar-refractivity contribution in [1.29, 1.82) is 0 Å². The summed E-state index contributed by atoms with van der Waals surface area (Å²) >= 11 is 0. The molecule has 1 amide bonds. The van der Waals surface area contributed by atoms with E-state index in [0.29, 0.717) is 19.0 Å². The number of amides is 1. The Balaban J connectivity index is 2.31. The van der Waals surface area contributed by atoms with Crippen LogP contribution in [0.3, 0.4) is 0 Å². The zero-order chi connectivity index (χ0) is 12.0. The van der Waals surface area contributed by atoms with Gasteiger partial charge in [0.2, 0.25) is 11.8 Å². The van der Waals surface area contributed by atoms with E-state index >= 15 is 0 Å². The molecule has 1 unspecified atom stereocenters. The molecule has 0 aliphatic rings. The van der Waals surface area contributed by atoms with Crippen LogP contribution in [0.4, 0.5) is 0 Å². The van der Waals surface area contributed by atoms with Crippen LogP contribution in [0.15, 0.2) is 23.3 Å². The van der Waals surface area contributed by atoms with Crippen LogP contribution in [-0.4, -0.2) is 23.5 Å². The first-order valence-electron chi connectivity index (χ1n) is 5.16. The molecule has 0 spiro atoms. The quantitative estimate of drug-likeness (QED) is 0.699. The SMILES string of the molecule is C=CCNC(=O)C(C)NCc1ncc(C)o1. The summed E-state index contributed by atoms with van der Waals surface area (Å²) in [5.74, 6) is 1.28. The second-order valence-corrected chi connectivity index (χ2v) is 3.50. The Bertz CT molecular complexity index is 360. The van der Waals surface area contributed by atoms with Gasteiger partial charge in [0.15, 0.2) is 0 Å². The van der Waals surface area contributed by atoms with Crippen molar-refractivity contribution in [2.45, 2.75) is 26.4 Å². The van der Waals surface area contributed by atoms with Crippen molar-refractivity contribution in [1.82, 2.24) is 15.6 Å². The summed E-state index contributed by atoms with van der Waals surface area (Å²) in [4.78, 5) is 15.5. The fourth-order valence-corrected chi connectivity index (χ4v) is 1.14. The van der Waals surface area contributed by atoms with Gasteiger partial charge in [-0.2, -0.15) is 0 Å². The first-order chi connectivity index (χ1) is 7.63. The van der Waals surface area contributed by atoms with Crippen molar-refractivity contribution in [2.24, 2.45) is 0 Å². The maximum absolute atomic E-state index is 11.5. The van der Waals surface area contributed by atoms with Gasteiger partial charge >= 0.3 is 0 Å². The molecule has 0 fully saturated rings. The summed E-state index contributed by atoms with van der Waals surface area (Å²) in [6, 6.07) is -0.285. The number of carbonyl (C=O) groups is 1. The molecule has 0 bridgehead atoms. The van der Waals surface area contributed by atoms with Crippen molar-refractivity contribution in [3.8, 4) is 0 Å². The van der Waals surface area contributed by atoms with Crippen LogP contribution in [0.25, 0.3) is 0 Å². The summed E-state index contributed by atoms with van der Waals surface area (Å²) < 4.78 is 5.27. The minimum Gasteiger partial charge on any atom is -0.445 e. The number of hydrogen-bond donors (Lipinski definition) is 2. The Labute approximate surface area is 94.9 Å². The highest BCUT2D eigenvalue weighted by atomic mass is 16.4. The predicted molar refractivity (Wildman–Crippen MR) is 60.7 cm³/mol. The Morgan fingerprint density at radius 2 is 2.50 bits per heavy atom. The van der Waals surface area contributed by atoms with Crippen molar-refractivity contribution < 1.29 is 9.21 Å². The van der Waals surface area contributed by atoms with Gasteiger partial charge in [-0.1, -0.05) is 6.08 Å². The maximum atomic E-state index is 11.5. The van der Waals surface area contributed by atoms with Crippen LogP contribution in [0.5, 0.6) is 0 Å². The molecule has 0 aromatic carbocycles. The largest absolute Gasteiger partial charge is 0.445 e. The lowest BCUT2D eigenvalue weighted by molar-refractivity contribution is -0.122. The summed E-state index contributed by atoms with van der Waals surface area (Å²) in [5, 5.41) is 5.72. The summed E-state index contributed by atoms with van der Waals surface area (Å²) in [7, 11) is 0. The number of aromatic nitrogens is 1. The molecular formula is C11H17N3O2. The van der Waals surface area contributed by atoms with Gasteiger partial charge in [0.05, 0.1) is 18.8 Å². The number of hydrogen-bond acceptors (Lipinski definition) is 4. The summed E-state index contributed by atoms with van der Waals surface area (Å²) in [6.07, 6.45) is 3.29. The van der Waals surface area contributed by atoms with E-state index in [0.717, 1.165) is 5.76 Å². The molecule has 5 nitrogen and oxygen atoms in total. The van der Waals surface area contributed by atoms with Gasteiger partial charge in [-0.3, -0.25) is 10.1 Å². The molecule has 88 valence electrons. The zero-order valence-electron chi connectivity index (χ0n) is 9.62. The van der Waals surface area contributed by atoms with E-state index in [1.807, 2.05) is 6.92 Å². The van der Waals surface area contributed by atoms with Gasteiger partial charge in [0.25, 0.3) is 0 Å². The van der Waals surface area contributed by atoms with Crippen molar-refractivity contribution in [2.75, 3.05) is 6.54 Å². The molecule has 1 aromatic rings. The van der Waals surface area contributed by atoms with Gasteiger partial charge < -0.3 is 9.73 Å². The Kier molecular flexibility index (Phi) is 4.72.